The van der Waals surface area contributed by atoms with E-state index in [0.717, 1.165) is 32.1 Å². The number of benzene rings is 2. The van der Waals surface area contributed by atoms with Gasteiger partial charge in [0.15, 0.2) is 11.5 Å². The summed E-state index contributed by atoms with van der Waals surface area (Å²) in [5.74, 6) is -2.08. The molecule has 2 aromatic carbocycles. The summed E-state index contributed by atoms with van der Waals surface area (Å²) in [4.78, 5) is 28.4. The molecule has 0 saturated heterocycles. The zero-order chi connectivity index (χ0) is 27.4. The third-order valence-electron chi connectivity index (χ3n) is 5.67. The minimum Gasteiger partial charge on any atom is -0.489 e. The van der Waals surface area contributed by atoms with Crippen LogP contribution in [0.25, 0.3) is 11.5 Å². The molecular weight excluding hydrogens is 509 g/mol. The van der Waals surface area contributed by atoms with Gasteiger partial charge >= 0.3 is 18.6 Å². The second kappa shape index (κ2) is 11.5. The van der Waals surface area contributed by atoms with E-state index in [1.54, 1.807) is 6.92 Å². The average Bonchev–Trinajstić information content (AvgIpc) is 3.62. The molecule has 4 rings (SSSR count). The van der Waals surface area contributed by atoms with Crippen molar-refractivity contribution in [3.63, 3.8) is 0 Å². The molecule has 0 radical (unpaired) electrons. The van der Waals surface area contributed by atoms with Crippen molar-refractivity contribution in [3.8, 4) is 23.0 Å². The first-order chi connectivity index (χ1) is 18.2. The van der Waals surface area contributed by atoms with E-state index >= 15 is 0 Å². The van der Waals surface area contributed by atoms with Crippen LogP contribution in [-0.2, 0) is 16.1 Å². The van der Waals surface area contributed by atoms with Gasteiger partial charge in [-0.15, -0.1) is 0 Å². The maximum atomic E-state index is 14.4. The first kappa shape index (κ1) is 27.0. The van der Waals surface area contributed by atoms with Gasteiger partial charge in [0.1, 0.15) is 23.9 Å². The van der Waals surface area contributed by atoms with Crippen LogP contribution >= 0.6 is 0 Å². The highest BCUT2D eigenvalue weighted by Crippen LogP contribution is 2.37. The zero-order valence-electron chi connectivity index (χ0n) is 20.5. The number of carbonyl (C=O) groups is 2. The van der Waals surface area contributed by atoms with E-state index in [1.165, 1.54) is 24.3 Å². The molecule has 3 aromatic rings. The first-order valence-electron chi connectivity index (χ1n) is 11.7. The van der Waals surface area contributed by atoms with Crippen LogP contribution in [0.5, 0.6) is 11.5 Å². The van der Waals surface area contributed by atoms with Gasteiger partial charge in [0, 0.05) is 5.56 Å². The monoisotopic (exact) mass is 534 g/mol. The van der Waals surface area contributed by atoms with Crippen molar-refractivity contribution in [2.24, 2.45) is 11.7 Å². The largest absolute Gasteiger partial charge is 0.489 e. The lowest BCUT2D eigenvalue weighted by Gasteiger charge is -2.12. The second-order valence-corrected chi connectivity index (χ2v) is 8.68. The molecule has 9 nitrogen and oxygen atoms in total. The van der Waals surface area contributed by atoms with Gasteiger partial charge in [-0.25, -0.2) is 19.0 Å². The summed E-state index contributed by atoms with van der Waals surface area (Å²) in [6.45, 7) is -1.43. The standard InChI is InChI=1S/C26H25F3N2O7/c1-13(30)22-19(12-36-25(33)17-7-5-16(9-18(17)27)24(32)34-2)31-23(38-22)15-6-8-20(37-26(28)29)21(10-15)35-11-14-3-4-14/h5-10,13-14,26H,3-4,11-12,30H2,1-2H3. The summed E-state index contributed by atoms with van der Waals surface area (Å²) >= 11 is 0. The lowest BCUT2D eigenvalue weighted by atomic mass is 10.1. The molecule has 1 fully saturated rings. The molecule has 202 valence electrons. The summed E-state index contributed by atoms with van der Waals surface area (Å²) in [6, 6.07) is 6.81. The smallest absolute Gasteiger partial charge is 0.387 e. The Kier molecular flexibility index (Phi) is 8.20. The maximum Gasteiger partial charge on any atom is 0.387 e. The molecule has 1 heterocycles. The molecule has 0 spiro atoms. The number of rotatable bonds is 11. The summed E-state index contributed by atoms with van der Waals surface area (Å²) in [5, 5.41) is 0. The molecule has 12 heteroatoms. The Balaban J connectivity index is 1.54. The Labute approximate surface area is 215 Å². The first-order valence-corrected chi connectivity index (χ1v) is 11.7. The van der Waals surface area contributed by atoms with Crippen LogP contribution in [-0.4, -0.2) is 37.3 Å². The molecule has 2 N–H and O–H groups in total. The summed E-state index contributed by atoms with van der Waals surface area (Å²) in [7, 11) is 1.15. The van der Waals surface area contributed by atoms with Crippen molar-refractivity contribution in [2.45, 2.75) is 39.0 Å². The molecule has 1 aliphatic rings. The van der Waals surface area contributed by atoms with E-state index in [4.69, 9.17) is 19.6 Å². The summed E-state index contributed by atoms with van der Waals surface area (Å²) in [5.41, 5.74) is 6.11. The predicted octanol–water partition coefficient (Wildman–Crippen LogP) is 5.03. The highest BCUT2D eigenvalue weighted by Gasteiger charge is 2.25. The number of nitrogens with two attached hydrogens (primary N) is 1. The number of carbonyl (C=O) groups excluding carboxylic acids is 2. The fraction of sp³-hybridized carbons (Fsp3) is 0.346. The second-order valence-electron chi connectivity index (χ2n) is 8.68. The number of alkyl halides is 2. The molecule has 1 aliphatic carbocycles. The van der Waals surface area contributed by atoms with Crippen molar-refractivity contribution in [3.05, 3.63) is 64.8 Å². The fourth-order valence-corrected chi connectivity index (χ4v) is 3.52. The Hall–Kier alpha value is -4.06. The van der Waals surface area contributed by atoms with E-state index in [1.807, 2.05) is 0 Å². The third kappa shape index (κ3) is 6.43. The van der Waals surface area contributed by atoms with Crippen LogP contribution in [0.2, 0.25) is 0 Å². The van der Waals surface area contributed by atoms with Gasteiger partial charge in [-0.2, -0.15) is 8.78 Å². The van der Waals surface area contributed by atoms with Gasteiger partial charge in [0.05, 0.1) is 30.9 Å². The van der Waals surface area contributed by atoms with E-state index < -0.39 is 42.6 Å². The summed E-state index contributed by atoms with van der Waals surface area (Å²) in [6.07, 6.45) is 2.01. The zero-order valence-corrected chi connectivity index (χ0v) is 20.5. The third-order valence-corrected chi connectivity index (χ3v) is 5.67. The molecule has 38 heavy (non-hydrogen) atoms. The van der Waals surface area contributed by atoms with Gasteiger partial charge < -0.3 is 29.1 Å². The molecule has 1 unspecified atom stereocenters. The van der Waals surface area contributed by atoms with E-state index in [2.05, 4.69) is 14.5 Å². The Morgan fingerprint density at radius 1 is 1.13 bits per heavy atom. The molecule has 1 aromatic heterocycles. The average molecular weight is 534 g/mol. The van der Waals surface area contributed by atoms with Crippen molar-refractivity contribution in [1.82, 2.24) is 4.98 Å². The number of halogens is 3. The topological polar surface area (TPSA) is 123 Å². The molecule has 1 atom stereocenters. The van der Waals surface area contributed by atoms with Crippen molar-refractivity contribution in [1.29, 1.82) is 0 Å². The van der Waals surface area contributed by atoms with Crippen molar-refractivity contribution in [2.75, 3.05) is 13.7 Å². The van der Waals surface area contributed by atoms with Gasteiger partial charge in [-0.05, 0) is 62.1 Å². The van der Waals surface area contributed by atoms with Crippen molar-refractivity contribution < 1.29 is 46.1 Å². The highest BCUT2D eigenvalue weighted by molar-refractivity contribution is 5.93. The van der Waals surface area contributed by atoms with Crippen LogP contribution in [0.4, 0.5) is 13.2 Å². The fourth-order valence-electron chi connectivity index (χ4n) is 3.52. The minimum absolute atomic E-state index is 0.0626. The quantitative estimate of drug-likeness (QED) is 0.337. The number of hydrogen-bond donors (Lipinski definition) is 1. The van der Waals surface area contributed by atoms with E-state index in [9.17, 15) is 22.8 Å². The number of hydrogen-bond acceptors (Lipinski definition) is 9. The number of aromatic nitrogens is 1. The van der Waals surface area contributed by atoms with Crippen LogP contribution in [0.1, 0.15) is 58.0 Å². The number of nitrogens with zero attached hydrogens (tertiary/aromatic N) is 1. The normalized spacial score (nSPS) is 13.8. The number of oxazole rings is 1. The van der Waals surface area contributed by atoms with Gasteiger partial charge in [-0.1, -0.05) is 0 Å². The number of methoxy groups -OCH3 is 1. The van der Waals surface area contributed by atoms with Gasteiger partial charge in [0.25, 0.3) is 0 Å². The number of ether oxygens (including phenoxy) is 4. The molecule has 1 saturated carbocycles. The molecule has 0 bridgehead atoms. The molecule has 0 aliphatic heterocycles. The van der Waals surface area contributed by atoms with Crippen LogP contribution < -0.4 is 15.2 Å². The molecule has 0 amide bonds. The lowest BCUT2D eigenvalue weighted by molar-refractivity contribution is -0.0515. The van der Waals surface area contributed by atoms with E-state index in [-0.39, 0.29) is 34.4 Å². The highest BCUT2D eigenvalue weighted by atomic mass is 19.3. The van der Waals surface area contributed by atoms with Gasteiger partial charge in [-0.3, -0.25) is 0 Å². The van der Waals surface area contributed by atoms with Crippen LogP contribution in [0, 0.1) is 11.7 Å². The van der Waals surface area contributed by atoms with Crippen LogP contribution in [0.15, 0.2) is 40.8 Å². The maximum absolute atomic E-state index is 14.4. The summed E-state index contributed by atoms with van der Waals surface area (Å²) < 4.78 is 65.9. The van der Waals surface area contributed by atoms with E-state index in [0.29, 0.717) is 18.1 Å². The lowest BCUT2D eigenvalue weighted by Crippen LogP contribution is -2.12. The number of esters is 2. The van der Waals surface area contributed by atoms with Crippen LogP contribution in [0.3, 0.4) is 0 Å². The Morgan fingerprint density at radius 2 is 1.89 bits per heavy atom. The Morgan fingerprint density at radius 3 is 2.53 bits per heavy atom. The SMILES string of the molecule is COC(=O)c1ccc(C(=O)OCc2nc(-c3ccc(OC(F)F)c(OCC4CC4)c3)oc2C(C)N)c(F)c1. The Bertz CT molecular complexity index is 1320. The van der Waals surface area contributed by atoms with Gasteiger partial charge in [0.2, 0.25) is 5.89 Å². The molecular formula is C26H25F3N2O7. The van der Waals surface area contributed by atoms with Crippen molar-refractivity contribution >= 4 is 11.9 Å². The minimum atomic E-state index is -3.03. The predicted molar refractivity (Wildman–Crippen MR) is 126 cm³/mol.